The molecule has 1 aromatic rings. The molecule has 0 saturated carbocycles. The Morgan fingerprint density at radius 2 is 1.70 bits per heavy atom. The van der Waals surface area contributed by atoms with E-state index < -0.39 is 42.4 Å². The van der Waals surface area contributed by atoms with Crippen molar-refractivity contribution in [3.8, 4) is 0 Å². The third-order valence-electron chi connectivity index (χ3n) is 3.92. The standard InChI is InChI=1S/C19H25N3O7S/c20-13(19(28)29)6-7-16(24)22-14(18(27)21-10-17(25)26)11-30-9-8-15(23)12-4-2-1-3-5-12/h1-5,13-14H,6-11,20H2,(H,21,27)(H,22,24)(H,25,26)(H,28,29)/t13-,14-/m1/s1. The van der Waals surface area contributed by atoms with E-state index in [1.54, 1.807) is 30.3 Å². The molecule has 0 saturated heterocycles. The van der Waals surface area contributed by atoms with Crippen molar-refractivity contribution in [3.05, 3.63) is 35.9 Å². The lowest BCUT2D eigenvalue weighted by atomic mass is 10.1. The van der Waals surface area contributed by atoms with Crippen LogP contribution in [0.5, 0.6) is 0 Å². The molecule has 11 heteroatoms. The largest absolute Gasteiger partial charge is 0.480 e. The zero-order valence-electron chi connectivity index (χ0n) is 16.2. The van der Waals surface area contributed by atoms with Crippen molar-refractivity contribution in [1.29, 1.82) is 0 Å². The van der Waals surface area contributed by atoms with Gasteiger partial charge in [0.05, 0.1) is 0 Å². The molecule has 30 heavy (non-hydrogen) atoms. The molecule has 1 aromatic carbocycles. The van der Waals surface area contributed by atoms with Crippen molar-refractivity contribution >= 4 is 41.3 Å². The van der Waals surface area contributed by atoms with Crippen LogP contribution in [0.2, 0.25) is 0 Å². The highest BCUT2D eigenvalue weighted by Crippen LogP contribution is 2.10. The Morgan fingerprint density at radius 3 is 2.30 bits per heavy atom. The molecule has 6 N–H and O–H groups in total. The number of hydrogen-bond donors (Lipinski definition) is 5. The topological polar surface area (TPSA) is 176 Å². The number of benzene rings is 1. The highest BCUT2D eigenvalue weighted by Gasteiger charge is 2.22. The number of carboxylic acid groups (broad SMARTS) is 2. The fourth-order valence-corrected chi connectivity index (χ4v) is 3.25. The van der Waals surface area contributed by atoms with E-state index in [0.29, 0.717) is 11.3 Å². The minimum atomic E-state index is -1.24. The summed E-state index contributed by atoms with van der Waals surface area (Å²) < 4.78 is 0. The molecule has 0 radical (unpaired) electrons. The van der Waals surface area contributed by atoms with Crippen LogP contribution in [0.4, 0.5) is 0 Å². The summed E-state index contributed by atoms with van der Waals surface area (Å²) in [6, 6.07) is 6.50. The van der Waals surface area contributed by atoms with Gasteiger partial charge in [0.25, 0.3) is 0 Å². The van der Waals surface area contributed by atoms with E-state index >= 15 is 0 Å². The smallest absolute Gasteiger partial charge is 0.322 e. The highest BCUT2D eigenvalue weighted by molar-refractivity contribution is 7.99. The van der Waals surface area contributed by atoms with Gasteiger partial charge in [-0.25, -0.2) is 0 Å². The summed E-state index contributed by atoms with van der Waals surface area (Å²) >= 11 is 1.26. The number of thioether (sulfide) groups is 1. The van der Waals surface area contributed by atoms with Gasteiger partial charge in [-0.3, -0.25) is 24.0 Å². The molecule has 0 aliphatic carbocycles. The zero-order chi connectivity index (χ0) is 22.5. The van der Waals surface area contributed by atoms with Gasteiger partial charge in [0.1, 0.15) is 18.6 Å². The van der Waals surface area contributed by atoms with Gasteiger partial charge in [-0.05, 0) is 6.42 Å². The van der Waals surface area contributed by atoms with E-state index in [-0.39, 0.29) is 30.8 Å². The molecule has 0 fully saturated rings. The number of carbonyl (C=O) groups is 5. The van der Waals surface area contributed by atoms with E-state index in [4.69, 9.17) is 15.9 Å². The lowest BCUT2D eigenvalue weighted by molar-refractivity contribution is -0.139. The van der Waals surface area contributed by atoms with Gasteiger partial charge in [-0.2, -0.15) is 11.8 Å². The first-order valence-corrected chi connectivity index (χ1v) is 10.3. The molecular weight excluding hydrogens is 414 g/mol. The van der Waals surface area contributed by atoms with Crippen molar-refractivity contribution in [3.63, 3.8) is 0 Å². The molecular formula is C19H25N3O7S. The summed E-state index contributed by atoms with van der Waals surface area (Å²) in [5.41, 5.74) is 5.93. The number of aliphatic carboxylic acids is 2. The first-order chi connectivity index (χ1) is 14.2. The van der Waals surface area contributed by atoms with E-state index in [2.05, 4.69) is 10.6 Å². The van der Waals surface area contributed by atoms with Gasteiger partial charge in [0.2, 0.25) is 11.8 Å². The molecule has 10 nitrogen and oxygen atoms in total. The monoisotopic (exact) mass is 439 g/mol. The fraction of sp³-hybridized carbons (Fsp3) is 0.421. The maximum Gasteiger partial charge on any atom is 0.322 e. The van der Waals surface area contributed by atoms with Crippen molar-refractivity contribution in [2.75, 3.05) is 18.1 Å². The Hall–Kier alpha value is -2.92. The molecule has 0 aliphatic heterocycles. The van der Waals surface area contributed by atoms with Crippen LogP contribution in [0.3, 0.4) is 0 Å². The van der Waals surface area contributed by atoms with Crippen LogP contribution >= 0.6 is 11.8 Å². The molecule has 164 valence electrons. The number of nitrogens with one attached hydrogen (secondary N) is 2. The third kappa shape index (κ3) is 10.0. The van der Waals surface area contributed by atoms with Crippen molar-refractivity contribution < 1.29 is 34.2 Å². The molecule has 1 rings (SSSR count). The molecule has 0 aliphatic rings. The molecule has 2 amide bonds. The minimum Gasteiger partial charge on any atom is -0.480 e. The summed E-state index contributed by atoms with van der Waals surface area (Å²) in [5.74, 6) is -3.28. The second-order valence-corrected chi connectivity index (χ2v) is 7.48. The summed E-state index contributed by atoms with van der Waals surface area (Å²) in [4.78, 5) is 57.7. The van der Waals surface area contributed by atoms with Crippen LogP contribution < -0.4 is 16.4 Å². The van der Waals surface area contributed by atoms with Crippen LogP contribution in [-0.4, -0.2) is 69.9 Å². The van der Waals surface area contributed by atoms with Gasteiger partial charge in [-0.1, -0.05) is 30.3 Å². The predicted molar refractivity (Wildman–Crippen MR) is 110 cm³/mol. The lowest BCUT2D eigenvalue weighted by Gasteiger charge is -2.18. The van der Waals surface area contributed by atoms with Crippen molar-refractivity contribution in [2.45, 2.75) is 31.3 Å². The van der Waals surface area contributed by atoms with Gasteiger partial charge in [0.15, 0.2) is 5.78 Å². The second kappa shape index (κ2) is 13.3. The number of Topliss-reactive ketones (excluding diaryl/α,β-unsaturated/α-hetero) is 1. The second-order valence-electron chi connectivity index (χ2n) is 6.33. The maximum atomic E-state index is 12.2. The summed E-state index contributed by atoms with van der Waals surface area (Å²) in [6.45, 7) is -0.605. The molecule has 2 atom stereocenters. The minimum absolute atomic E-state index is 0.0540. The average molecular weight is 439 g/mol. The van der Waals surface area contributed by atoms with E-state index in [0.717, 1.165) is 0 Å². The number of hydrogen-bond acceptors (Lipinski definition) is 7. The van der Waals surface area contributed by atoms with Gasteiger partial charge < -0.3 is 26.6 Å². The average Bonchev–Trinajstić information content (AvgIpc) is 2.72. The van der Waals surface area contributed by atoms with Crippen molar-refractivity contribution in [1.82, 2.24) is 10.6 Å². The lowest BCUT2D eigenvalue weighted by Crippen LogP contribution is -2.49. The zero-order valence-corrected chi connectivity index (χ0v) is 17.0. The number of ketones is 1. The third-order valence-corrected chi connectivity index (χ3v) is 4.98. The Kier molecular flexibility index (Phi) is 11.2. The van der Waals surface area contributed by atoms with Crippen LogP contribution in [0, 0.1) is 0 Å². The van der Waals surface area contributed by atoms with Crippen LogP contribution in [0.15, 0.2) is 30.3 Å². The van der Waals surface area contributed by atoms with Crippen LogP contribution in [0.25, 0.3) is 0 Å². The first-order valence-electron chi connectivity index (χ1n) is 9.14. The quantitative estimate of drug-likeness (QED) is 0.195. The van der Waals surface area contributed by atoms with E-state index in [1.807, 2.05) is 0 Å². The fourth-order valence-electron chi connectivity index (χ4n) is 2.28. The van der Waals surface area contributed by atoms with Gasteiger partial charge in [-0.15, -0.1) is 0 Å². The summed E-state index contributed by atoms with van der Waals surface area (Å²) in [5, 5.41) is 22.1. The molecule has 0 aromatic heterocycles. The molecule has 0 unspecified atom stereocenters. The number of amides is 2. The number of carbonyl (C=O) groups excluding carboxylic acids is 3. The van der Waals surface area contributed by atoms with Crippen LogP contribution in [0.1, 0.15) is 29.6 Å². The SMILES string of the molecule is N[C@H](CCC(=O)N[C@H](CSCCC(=O)c1ccccc1)C(=O)NCC(=O)O)C(=O)O. The molecule has 0 spiro atoms. The number of rotatable bonds is 14. The molecule has 0 bridgehead atoms. The maximum absolute atomic E-state index is 12.2. The Bertz CT molecular complexity index is 758. The summed E-state index contributed by atoms with van der Waals surface area (Å²) in [7, 11) is 0. The normalized spacial score (nSPS) is 12.4. The predicted octanol–water partition coefficient (Wildman–Crippen LogP) is -0.130. The van der Waals surface area contributed by atoms with Crippen LogP contribution in [-0.2, 0) is 19.2 Å². The summed E-state index contributed by atoms with van der Waals surface area (Å²) in [6.07, 6.45) is -0.0732. The molecule has 0 heterocycles. The van der Waals surface area contributed by atoms with E-state index in [1.165, 1.54) is 11.8 Å². The first kappa shape index (κ1) is 25.1. The Labute approximate surface area is 177 Å². The van der Waals surface area contributed by atoms with Gasteiger partial charge in [0, 0.05) is 29.9 Å². The van der Waals surface area contributed by atoms with Crippen molar-refractivity contribution in [2.24, 2.45) is 5.73 Å². The van der Waals surface area contributed by atoms with E-state index in [9.17, 15) is 24.0 Å². The Morgan fingerprint density at radius 1 is 1.03 bits per heavy atom. The Balaban J connectivity index is 2.54. The highest BCUT2D eigenvalue weighted by atomic mass is 32.2. The van der Waals surface area contributed by atoms with Gasteiger partial charge >= 0.3 is 11.9 Å². The number of nitrogens with two attached hydrogens (primary N) is 1. The number of carboxylic acids is 2.